The molecule has 1 aromatic rings. The maximum absolute atomic E-state index is 11.3. The van der Waals surface area contributed by atoms with Crippen LogP contribution in [0, 0.1) is 0 Å². The first kappa shape index (κ1) is 15.9. The summed E-state index contributed by atoms with van der Waals surface area (Å²) < 4.78 is 0. The monoisotopic (exact) mass is 275 g/mol. The molecule has 2 amide bonds. The van der Waals surface area contributed by atoms with Crippen LogP contribution in [0.1, 0.15) is 38.8 Å². The molecule has 0 atom stereocenters. The average Bonchev–Trinajstić information content (AvgIpc) is 2.38. The number of hydrogen-bond donors (Lipinski definition) is 2. The summed E-state index contributed by atoms with van der Waals surface area (Å²) in [6.45, 7) is 8.57. The summed E-state index contributed by atoms with van der Waals surface area (Å²) in [7, 11) is 0. The molecule has 0 spiro atoms. The Bertz CT molecular complexity index is 499. The van der Waals surface area contributed by atoms with Gasteiger partial charge in [0, 0.05) is 6.54 Å². The molecule has 0 aromatic heterocycles. The fourth-order valence-electron chi connectivity index (χ4n) is 1.53. The van der Waals surface area contributed by atoms with Gasteiger partial charge in [-0.15, -0.1) is 0 Å². The SMILES string of the molecule is CCNC(=O)C(=O)N/N=C\c1ccc(C(C)(C)C)cc1. The van der Waals surface area contributed by atoms with E-state index in [0.717, 1.165) is 5.56 Å². The highest BCUT2D eigenvalue weighted by molar-refractivity contribution is 6.35. The number of hydrogen-bond acceptors (Lipinski definition) is 3. The van der Waals surface area contributed by atoms with E-state index >= 15 is 0 Å². The predicted octanol–water partition coefficient (Wildman–Crippen LogP) is 1.57. The highest BCUT2D eigenvalue weighted by Gasteiger charge is 2.12. The van der Waals surface area contributed by atoms with Gasteiger partial charge in [-0.1, -0.05) is 45.0 Å². The fourth-order valence-corrected chi connectivity index (χ4v) is 1.53. The van der Waals surface area contributed by atoms with Crippen molar-refractivity contribution in [1.82, 2.24) is 10.7 Å². The maximum atomic E-state index is 11.3. The van der Waals surface area contributed by atoms with Crippen molar-refractivity contribution in [2.75, 3.05) is 6.54 Å². The van der Waals surface area contributed by atoms with Gasteiger partial charge >= 0.3 is 11.8 Å². The van der Waals surface area contributed by atoms with Gasteiger partial charge < -0.3 is 5.32 Å². The molecule has 5 heteroatoms. The lowest BCUT2D eigenvalue weighted by Gasteiger charge is -2.18. The molecule has 0 aliphatic heterocycles. The highest BCUT2D eigenvalue weighted by Crippen LogP contribution is 2.21. The fraction of sp³-hybridized carbons (Fsp3) is 0.400. The van der Waals surface area contributed by atoms with E-state index in [9.17, 15) is 9.59 Å². The molecule has 0 saturated heterocycles. The van der Waals surface area contributed by atoms with Crippen molar-refractivity contribution in [3.8, 4) is 0 Å². The molecule has 5 nitrogen and oxygen atoms in total. The van der Waals surface area contributed by atoms with Crippen molar-refractivity contribution >= 4 is 18.0 Å². The van der Waals surface area contributed by atoms with E-state index in [2.05, 4.69) is 36.6 Å². The number of amides is 2. The van der Waals surface area contributed by atoms with Crippen molar-refractivity contribution in [1.29, 1.82) is 0 Å². The van der Waals surface area contributed by atoms with Crippen molar-refractivity contribution in [3.05, 3.63) is 35.4 Å². The number of benzene rings is 1. The van der Waals surface area contributed by atoms with Crippen LogP contribution < -0.4 is 10.7 Å². The van der Waals surface area contributed by atoms with Crippen molar-refractivity contribution in [3.63, 3.8) is 0 Å². The number of carbonyl (C=O) groups excluding carboxylic acids is 2. The molecule has 1 aromatic carbocycles. The molecule has 0 bridgehead atoms. The van der Waals surface area contributed by atoms with Crippen LogP contribution in [0.2, 0.25) is 0 Å². The number of likely N-dealkylation sites (N-methyl/N-ethyl adjacent to an activating group) is 1. The lowest BCUT2D eigenvalue weighted by Crippen LogP contribution is -2.37. The Balaban J connectivity index is 2.59. The molecule has 1 rings (SSSR count). The van der Waals surface area contributed by atoms with Gasteiger partial charge in [0.25, 0.3) is 0 Å². The molecule has 0 saturated carbocycles. The Morgan fingerprint density at radius 1 is 1.15 bits per heavy atom. The molecule has 0 radical (unpaired) electrons. The Morgan fingerprint density at radius 2 is 1.75 bits per heavy atom. The normalized spacial score (nSPS) is 11.4. The third-order valence-corrected chi connectivity index (χ3v) is 2.70. The molecule has 108 valence electrons. The van der Waals surface area contributed by atoms with E-state index in [1.165, 1.54) is 11.8 Å². The molecule has 2 N–H and O–H groups in total. The molecule has 0 heterocycles. The molecular formula is C15H21N3O2. The zero-order valence-corrected chi connectivity index (χ0v) is 12.4. The first-order valence-corrected chi connectivity index (χ1v) is 6.56. The third-order valence-electron chi connectivity index (χ3n) is 2.70. The molecule has 0 aliphatic rings. The number of hydrazone groups is 1. The molecule has 20 heavy (non-hydrogen) atoms. The highest BCUT2D eigenvalue weighted by atomic mass is 16.2. The lowest BCUT2D eigenvalue weighted by molar-refractivity contribution is -0.139. The van der Waals surface area contributed by atoms with E-state index in [-0.39, 0.29) is 5.41 Å². The van der Waals surface area contributed by atoms with Gasteiger partial charge in [0.15, 0.2) is 0 Å². The topological polar surface area (TPSA) is 70.6 Å². The average molecular weight is 275 g/mol. The van der Waals surface area contributed by atoms with Crippen LogP contribution in [-0.4, -0.2) is 24.6 Å². The van der Waals surface area contributed by atoms with Crippen LogP contribution in [0.5, 0.6) is 0 Å². The summed E-state index contributed by atoms with van der Waals surface area (Å²) in [4.78, 5) is 22.4. The molecule has 0 aliphatic carbocycles. The van der Waals surface area contributed by atoms with Gasteiger partial charge in [-0.2, -0.15) is 5.10 Å². The van der Waals surface area contributed by atoms with Gasteiger partial charge in [0.1, 0.15) is 0 Å². The van der Waals surface area contributed by atoms with E-state index in [1.54, 1.807) is 6.92 Å². The molecule has 0 unspecified atom stereocenters. The number of rotatable bonds is 3. The van der Waals surface area contributed by atoms with Gasteiger partial charge in [0.2, 0.25) is 0 Å². The third kappa shape index (κ3) is 4.84. The van der Waals surface area contributed by atoms with E-state index in [1.807, 2.05) is 24.3 Å². The number of nitrogens with one attached hydrogen (secondary N) is 2. The Hall–Kier alpha value is -2.17. The quantitative estimate of drug-likeness (QED) is 0.499. The molecular weight excluding hydrogens is 254 g/mol. The summed E-state index contributed by atoms with van der Waals surface area (Å²) in [6.07, 6.45) is 1.50. The smallest absolute Gasteiger partial charge is 0.329 e. The zero-order chi connectivity index (χ0) is 15.2. The minimum atomic E-state index is -0.769. The van der Waals surface area contributed by atoms with Gasteiger partial charge in [0.05, 0.1) is 6.21 Å². The van der Waals surface area contributed by atoms with Crippen LogP contribution in [0.25, 0.3) is 0 Å². The largest absolute Gasteiger partial charge is 0.348 e. The van der Waals surface area contributed by atoms with Gasteiger partial charge in [-0.25, -0.2) is 5.43 Å². The molecule has 0 fully saturated rings. The van der Waals surface area contributed by atoms with Crippen LogP contribution in [0.3, 0.4) is 0 Å². The van der Waals surface area contributed by atoms with Crippen LogP contribution in [0.15, 0.2) is 29.4 Å². The standard InChI is InChI=1S/C15H21N3O2/c1-5-16-13(19)14(20)18-17-10-11-6-8-12(9-7-11)15(2,3)4/h6-10H,5H2,1-4H3,(H,16,19)(H,18,20)/b17-10-. The second kappa shape index (κ2) is 6.84. The van der Waals surface area contributed by atoms with Crippen molar-refractivity contribution in [2.45, 2.75) is 33.1 Å². The first-order chi connectivity index (χ1) is 9.34. The number of nitrogens with zero attached hydrogens (tertiary/aromatic N) is 1. The predicted molar refractivity (Wildman–Crippen MR) is 79.6 cm³/mol. The van der Waals surface area contributed by atoms with E-state index in [0.29, 0.717) is 6.54 Å². The second-order valence-electron chi connectivity index (χ2n) is 5.43. The van der Waals surface area contributed by atoms with Crippen LogP contribution in [0.4, 0.5) is 0 Å². The first-order valence-electron chi connectivity index (χ1n) is 6.56. The summed E-state index contributed by atoms with van der Waals surface area (Å²) in [5.74, 6) is -1.46. The van der Waals surface area contributed by atoms with Crippen LogP contribution in [-0.2, 0) is 15.0 Å². The summed E-state index contributed by atoms with van der Waals surface area (Å²) in [6, 6.07) is 7.88. The zero-order valence-electron chi connectivity index (χ0n) is 12.4. The van der Waals surface area contributed by atoms with Gasteiger partial charge in [-0.3, -0.25) is 9.59 Å². The summed E-state index contributed by atoms with van der Waals surface area (Å²) in [5, 5.41) is 6.14. The maximum Gasteiger partial charge on any atom is 0.329 e. The Kier molecular flexibility index (Phi) is 5.43. The Morgan fingerprint density at radius 3 is 2.25 bits per heavy atom. The number of carbonyl (C=O) groups is 2. The minimum Gasteiger partial charge on any atom is -0.348 e. The van der Waals surface area contributed by atoms with E-state index in [4.69, 9.17) is 0 Å². The second-order valence-corrected chi connectivity index (χ2v) is 5.43. The summed E-state index contributed by atoms with van der Waals surface area (Å²) in [5.41, 5.74) is 4.36. The summed E-state index contributed by atoms with van der Waals surface area (Å²) >= 11 is 0. The Labute approximate surface area is 119 Å². The van der Waals surface area contributed by atoms with Crippen LogP contribution >= 0.6 is 0 Å². The minimum absolute atomic E-state index is 0.0993. The van der Waals surface area contributed by atoms with Crippen molar-refractivity contribution < 1.29 is 9.59 Å². The van der Waals surface area contributed by atoms with Crippen molar-refractivity contribution in [2.24, 2.45) is 5.10 Å². The van der Waals surface area contributed by atoms with E-state index < -0.39 is 11.8 Å². The van der Waals surface area contributed by atoms with Gasteiger partial charge in [-0.05, 0) is 23.5 Å². The lowest BCUT2D eigenvalue weighted by atomic mass is 9.87.